The lowest BCUT2D eigenvalue weighted by Gasteiger charge is -2.23. The van der Waals surface area contributed by atoms with Gasteiger partial charge in [0, 0.05) is 5.92 Å². The second-order valence-electron chi connectivity index (χ2n) is 6.03. The van der Waals surface area contributed by atoms with Crippen LogP contribution in [0.5, 0.6) is 0 Å². The van der Waals surface area contributed by atoms with Crippen molar-refractivity contribution in [3.05, 3.63) is 66.5 Å². The summed E-state index contributed by atoms with van der Waals surface area (Å²) in [5.41, 5.74) is 1.85. The summed E-state index contributed by atoms with van der Waals surface area (Å²) in [6.45, 7) is 3.98. The quantitative estimate of drug-likeness (QED) is 0.617. The van der Waals surface area contributed by atoms with Crippen molar-refractivity contribution in [2.24, 2.45) is 5.41 Å². The van der Waals surface area contributed by atoms with Crippen LogP contribution >= 0.6 is 0 Å². The Morgan fingerprint density at radius 2 is 1.54 bits per heavy atom. The molecule has 0 amide bonds. The maximum absolute atomic E-state index is 12.5. The summed E-state index contributed by atoms with van der Waals surface area (Å²) in [5.74, 6) is 0.145. The summed E-state index contributed by atoms with van der Waals surface area (Å²) in [5, 5.41) is 0. The molecule has 0 unspecified atom stereocenters. The van der Waals surface area contributed by atoms with Gasteiger partial charge in [0.2, 0.25) is 0 Å². The summed E-state index contributed by atoms with van der Waals surface area (Å²) >= 11 is 0. The predicted octanol–water partition coefficient (Wildman–Crippen LogP) is 2.65. The average Bonchev–Trinajstić information content (AvgIpc) is 3.22. The van der Waals surface area contributed by atoms with Crippen LogP contribution in [0.4, 0.5) is 0 Å². The minimum absolute atomic E-state index is 0.245. The van der Waals surface area contributed by atoms with Crippen LogP contribution in [-0.4, -0.2) is 25.2 Å². The van der Waals surface area contributed by atoms with Gasteiger partial charge in [-0.05, 0) is 69.1 Å². The molecule has 0 aliphatic heterocycles. The fourth-order valence-electron chi connectivity index (χ4n) is 3.33. The minimum Gasteiger partial charge on any atom is -0.465 e. The lowest BCUT2D eigenvalue weighted by Crippen LogP contribution is -2.43. The lowest BCUT2D eigenvalue weighted by molar-refractivity contribution is -0.171. The van der Waals surface area contributed by atoms with Gasteiger partial charge in [0.15, 0.2) is 5.41 Å². The van der Waals surface area contributed by atoms with Crippen molar-refractivity contribution in [1.82, 2.24) is 0 Å². The Morgan fingerprint density at radius 1 is 0.958 bits per heavy atom. The largest absolute Gasteiger partial charge is 0.465 e. The van der Waals surface area contributed by atoms with E-state index in [1.807, 2.05) is 37.8 Å². The van der Waals surface area contributed by atoms with E-state index in [0.717, 1.165) is 22.6 Å². The first kappa shape index (κ1) is 17.0. The molecule has 125 valence electrons. The van der Waals surface area contributed by atoms with Crippen LogP contribution in [0.15, 0.2) is 18.2 Å². The van der Waals surface area contributed by atoms with Crippen molar-refractivity contribution in [3.63, 3.8) is 0 Å². The van der Waals surface area contributed by atoms with E-state index in [1.54, 1.807) is 13.8 Å². The van der Waals surface area contributed by atoms with Crippen LogP contribution in [0.1, 0.15) is 30.5 Å². The topological polar surface area (TPSA) is 52.6 Å². The van der Waals surface area contributed by atoms with E-state index in [9.17, 15) is 9.59 Å². The van der Waals surface area contributed by atoms with Crippen LogP contribution in [0, 0.1) is 37.0 Å². The van der Waals surface area contributed by atoms with Crippen molar-refractivity contribution in [3.8, 4) is 0 Å². The molecule has 1 aromatic rings. The molecule has 0 atom stereocenters. The summed E-state index contributed by atoms with van der Waals surface area (Å²) in [6.07, 6.45) is 8.73. The third-order valence-electron chi connectivity index (χ3n) is 4.52. The standard InChI is InChI=1S/C20H21O4/c1-3-23-18(21)20(19(22)24-4-2)12-16-10-9-15(11-17(16)13-20)14-7-5-6-8-14/h5-11H,3-4,12-13H2,1-2H3. The third kappa shape index (κ3) is 2.94. The molecule has 1 fully saturated rings. The molecule has 0 heterocycles. The first-order chi connectivity index (χ1) is 11.6. The van der Waals surface area contributed by atoms with Gasteiger partial charge in [-0.3, -0.25) is 9.59 Å². The fourth-order valence-corrected chi connectivity index (χ4v) is 3.33. The highest BCUT2D eigenvalue weighted by Gasteiger charge is 2.53. The molecule has 1 saturated carbocycles. The van der Waals surface area contributed by atoms with Gasteiger partial charge in [-0.1, -0.05) is 18.2 Å². The molecule has 3 rings (SSSR count). The number of carbonyl (C=O) groups is 2. The number of benzene rings is 1. The minimum atomic E-state index is -1.25. The maximum Gasteiger partial charge on any atom is 0.324 e. The molecule has 4 nitrogen and oxygen atoms in total. The van der Waals surface area contributed by atoms with E-state index in [0.29, 0.717) is 12.8 Å². The van der Waals surface area contributed by atoms with Crippen LogP contribution in [-0.2, 0) is 31.9 Å². The van der Waals surface area contributed by atoms with Gasteiger partial charge in [-0.15, -0.1) is 0 Å². The van der Waals surface area contributed by atoms with E-state index < -0.39 is 17.4 Å². The van der Waals surface area contributed by atoms with Crippen LogP contribution in [0.2, 0.25) is 0 Å². The van der Waals surface area contributed by atoms with Crippen molar-refractivity contribution < 1.29 is 19.1 Å². The Bertz CT molecular complexity index is 611. The van der Waals surface area contributed by atoms with Crippen molar-refractivity contribution in [1.29, 1.82) is 0 Å². The Balaban J connectivity index is 1.89. The molecule has 2 aliphatic carbocycles. The highest BCUT2D eigenvalue weighted by atomic mass is 16.6. The normalized spacial score (nSPS) is 19.1. The van der Waals surface area contributed by atoms with E-state index in [1.165, 1.54) is 0 Å². The van der Waals surface area contributed by atoms with E-state index in [2.05, 4.69) is 6.07 Å². The summed E-state index contributed by atoms with van der Waals surface area (Å²) in [7, 11) is 0. The Labute approximate surface area is 143 Å². The SMILES string of the molecule is CCOC(=O)C1(C(=O)OCC)Cc2ccc([C]3[CH][CH][CH][CH]3)cc2C1. The van der Waals surface area contributed by atoms with Crippen molar-refractivity contribution in [2.75, 3.05) is 13.2 Å². The monoisotopic (exact) mass is 325 g/mol. The number of ether oxygens (including phenoxy) is 2. The smallest absolute Gasteiger partial charge is 0.324 e. The highest BCUT2D eigenvalue weighted by Crippen LogP contribution is 2.41. The molecule has 0 bridgehead atoms. The molecule has 0 saturated heterocycles. The fraction of sp³-hybridized carbons (Fsp3) is 0.350. The molecular formula is C20H21O4. The molecule has 0 spiro atoms. The van der Waals surface area contributed by atoms with Gasteiger partial charge in [-0.25, -0.2) is 0 Å². The van der Waals surface area contributed by atoms with Gasteiger partial charge in [0.05, 0.1) is 13.2 Å². The molecule has 2 aliphatic rings. The van der Waals surface area contributed by atoms with Crippen molar-refractivity contribution >= 4 is 11.9 Å². The molecule has 5 radical (unpaired) electrons. The summed E-state index contributed by atoms with van der Waals surface area (Å²) < 4.78 is 10.4. The Hall–Kier alpha value is -1.84. The van der Waals surface area contributed by atoms with E-state index in [-0.39, 0.29) is 13.2 Å². The van der Waals surface area contributed by atoms with E-state index >= 15 is 0 Å². The van der Waals surface area contributed by atoms with Crippen LogP contribution in [0.3, 0.4) is 0 Å². The number of esters is 2. The molecule has 4 heteroatoms. The van der Waals surface area contributed by atoms with Crippen LogP contribution < -0.4 is 0 Å². The van der Waals surface area contributed by atoms with Gasteiger partial charge < -0.3 is 9.47 Å². The highest BCUT2D eigenvalue weighted by molar-refractivity contribution is 6.01. The van der Waals surface area contributed by atoms with Gasteiger partial charge in [0.25, 0.3) is 0 Å². The number of rotatable bonds is 5. The van der Waals surface area contributed by atoms with Gasteiger partial charge >= 0.3 is 11.9 Å². The number of hydrogen-bond acceptors (Lipinski definition) is 4. The first-order valence-corrected chi connectivity index (χ1v) is 8.29. The summed E-state index contributed by atoms with van der Waals surface area (Å²) in [6, 6.07) is 6.09. The molecule has 0 aromatic heterocycles. The first-order valence-electron chi connectivity index (χ1n) is 8.29. The van der Waals surface area contributed by atoms with E-state index in [4.69, 9.17) is 9.47 Å². The van der Waals surface area contributed by atoms with Crippen LogP contribution in [0.25, 0.3) is 0 Å². The van der Waals surface area contributed by atoms with Gasteiger partial charge in [-0.2, -0.15) is 0 Å². The second-order valence-corrected chi connectivity index (χ2v) is 6.03. The van der Waals surface area contributed by atoms with Crippen molar-refractivity contribution in [2.45, 2.75) is 26.7 Å². The Morgan fingerprint density at radius 3 is 2.12 bits per heavy atom. The average molecular weight is 325 g/mol. The zero-order chi connectivity index (χ0) is 17.2. The number of hydrogen-bond donors (Lipinski definition) is 0. The number of carbonyl (C=O) groups excluding carboxylic acids is 2. The molecular weight excluding hydrogens is 304 g/mol. The number of fused-ring (bicyclic) bond motifs is 1. The zero-order valence-electron chi connectivity index (χ0n) is 14.0. The van der Waals surface area contributed by atoms with Gasteiger partial charge in [0.1, 0.15) is 0 Å². The molecule has 24 heavy (non-hydrogen) atoms. The third-order valence-corrected chi connectivity index (χ3v) is 4.52. The zero-order valence-corrected chi connectivity index (χ0v) is 14.0. The second kappa shape index (κ2) is 6.96. The summed E-state index contributed by atoms with van der Waals surface area (Å²) in [4.78, 5) is 25.1. The predicted molar refractivity (Wildman–Crippen MR) is 89.1 cm³/mol. The molecule has 0 N–H and O–H groups in total. The molecule has 1 aromatic carbocycles. The lowest BCUT2D eigenvalue weighted by atomic mass is 9.84. The Kier molecular flexibility index (Phi) is 4.93. The maximum atomic E-state index is 12.5.